The molecule has 2 fully saturated rings. The monoisotopic (exact) mass is 355 g/mol. The Balaban J connectivity index is 1.82. The van der Waals surface area contributed by atoms with E-state index in [2.05, 4.69) is 34.9 Å². The van der Waals surface area contributed by atoms with Gasteiger partial charge in [0.15, 0.2) is 0 Å². The zero-order valence-corrected chi connectivity index (χ0v) is 15.6. The van der Waals surface area contributed by atoms with Gasteiger partial charge in [0.1, 0.15) is 0 Å². The van der Waals surface area contributed by atoms with E-state index in [4.69, 9.17) is 5.26 Å². The van der Waals surface area contributed by atoms with Gasteiger partial charge in [0.05, 0.1) is 17.2 Å². The number of piperazine rings is 1. The maximum Gasteiger partial charge on any atom is 0.0911 e. The summed E-state index contributed by atoms with van der Waals surface area (Å²) in [6.45, 7) is 5.61. The van der Waals surface area contributed by atoms with Gasteiger partial charge in [0, 0.05) is 57.2 Å². The molecular formula is C20H26FN5. The first-order valence-electron chi connectivity index (χ1n) is 9.30. The third kappa shape index (κ3) is 2.76. The van der Waals surface area contributed by atoms with Crippen LogP contribution in [-0.2, 0) is 0 Å². The van der Waals surface area contributed by atoms with Crippen molar-refractivity contribution < 1.29 is 4.48 Å². The summed E-state index contributed by atoms with van der Waals surface area (Å²) in [4.78, 5) is 7.02. The average molecular weight is 355 g/mol. The number of rotatable bonds is 1. The molecule has 6 heteroatoms. The van der Waals surface area contributed by atoms with Crippen LogP contribution in [0, 0.1) is 16.7 Å². The number of likely N-dealkylation sites (tertiary alicyclic amines) is 1. The van der Waals surface area contributed by atoms with Gasteiger partial charge in [-0.2, -0.15) is 10.4 Å². The predicted octanol–water partition coefficient (Wildman–Crippen LogP) is 2.26. The first-order valence-corrected chi connectivity index (χ1v) is 9.30. The number of hydrogen-bond donors (Lipinski definition) is 0. The second kappa shape index (κ2) is 6.57. The van der Waals surface area contributed by atoms with E-state index < -0.39 is 0 Å². The van der Waals surface area contributed by atoms with Crippen molar-refractivity contribution >= 4 is 0 Å². The lowest BCUT2D eigenvalue weighted by Crippen LogP contribution is -2.44. The number of allylic oxidation sites excluding steroid dienone is 4. The molecule has 5 nitrogen and oxygen atoms in total. The van der Waals surface area contributed by atoms with Gasteiger partial charge in [-0.1, -0.05) is 16.1 Å². The molecule has 2 saturated heterocycles. The van der Waals surface area contributed by atoms with E-state index in [0.717, 1.165) is 62.1 Å². The minimum Gasteiger partial charge on any atom is -0.369 e. The molecule has 0 aromatic heterocycles. The largest absolute Gasteiger partial charge is 0.369 e. The Kier molecular flexibility index (Phi) is 4.37. The van der Waals surface area contributed by atoms with Crippen LogP contribution in [0.1, 0.15) is 12.8 Å². The first kappa shape index (κ1) is 17.3. The summed E-state index contributed by atoms with van der Waals surface area (Å²) in [6.07, 6.45) is 8.53. The fraction of sp³-hybridized carbons (Fsp3) is 0.550. The average Bonchev–Trinajstić information content (AvgIpc) is 2.87. The molecule has 4 aliphatic rings. The van der Waals surface area contributed by atoms with Gasteiger partial charge >= 0.3 is 0 Å². The van der Waals surface area contributed by atoms with E-state index in [0.29, 0.717) is 6.42 Å². The van der Waals surface area contributed by atoms with Crippen molar-refractivity contribution in [3.05, 3.63) is 47.0 Å². The quantitative estimate of drug-likeness (QED) is 0.533. The van der Waals surface area contributed by atoms with Crippen molar-refractivity contribution in [3.8, 4) is 6.07 Å². The predicted molar refractivity (Wildman–Crippen MR) is 99.1 cm³/mol. The molecule has 0 bridgehead atoms. The smallest absolute Gasteiger partial charge is 0.0911 e. The highest BCUT2D eigenvalue weighted by molar-refractivity contribution is 5.47. The van der Waals surface area contributed by atoms with Crippen LogP contribution in [0.15, 0.2) is 47.0 Å². The maximum atomic E-state index is 15.0. The molecule has 0 aromatic carbocycles. The molecule has 1 unspecified atom stereocenters. The normalized spacial score (nSPS) is 31.6. The van der Waals surface area contributed by atoms with Crippen LogP contribution in [0.5, 0.6) is 0 Å². The van der Waals surface area contributed by atoms with Crippen LogP contribution in [0.25, 0.3) is 0 Å². The second-order valence-corrected chi connectivity index (χ2v) is 7.94. The Morgan fingerprint density at radius 1 is 1.19 bits per heavy atom. The minimum absolute atomic E-state index is 0.368. The molecule has 3 heterocycles. The summed E-state index contributed by atoms with van der Waals surface area (Å²) in [5.74, 6) is 0. The van der Waals surface area contributed by atoms with Gasteiger partial charge < -0.3 is 14.7 Å². The number of likely N-dealkylation sites (N-methyl/N-ethyl adjacent to an activating group) is 2. The lowest BCUT2D eigenvalue weighted by atomic mass is 9.70. The summed E-state index contributed by atoms with van der Waals surface area (Å²) >= 11 is 0. The van der Waals surface area contributed by atoms with Crippen molar-refractivity contribution in [3.63, 3.8) is 0 Å². The Bertz CT molecular complexity index is 751. The van der Waals surface area contributed by atoms with Gasteiger partial charge in [-0.05, 0) is 38.6 Å². The summed E-state index contributed by atoms with van der Waals surface area (Å²) in [7, 11) is 4.25. The Morgan fingerprint density at radius 2 is 1.96 bits per heavy atom. The Morgan fingerprint density at radius 3 is 2.69 bits per heavy atom. The summed E-state index contributed by atoms with van der Waals surface area (Å²) in [5, 5.41) is 9.92. The molecule has 138 valence electrons. The highest BCUT2D eigenvalue weighted by atomic mass is 19.2. The lowest BCUT2D eigenvalue weighted by molar-refractivity contribution is 0.0980. The van der Waals surface area contributed by atoms with Crippen LogP contribution in [0.4, 0.5) is 4.48 Å². The zero-order chi connectivity index (χ0) is 18.3. The van der Waals surface area contributed by atoms with Crippen LogP contribution < -0.4 is 0 Å². The zero-order valence-electron chi connectivity index (χ0n) is 15.6. The topological polar surface area (TPSA) is 36.8 Å². The summed E-state index contributed by atoms with van der Waals surface area (Å²) in [5.41, 5.74) is 3.94. The molecule has 0 N–H and O–H groups in total. The molecule has 1 atom stereocenters. The van der Waals surface area contributed by atoms with E-state index >= 15 is 0 Å². The first-order chi connectivity index (χ1) is 12.5. The van der Waals surface area contributed by atoms with Crippen LogP contribution in [-0.4, -0.2) is 73.2 Å². The van der Waals surface area contributed by atoms with Crippen molar-refractivity contribution in [2.24, 2.45) is 5.41 Å². The third-order valence-corrected chi connectivity index (χ3v) is 6.14. The molecule has 1 spiro atoms. The van der Waals surface area contributed by atoms with Crippen molar-refractivity contribution in [2.75, 3.05) is 53.4 Å². The highest BCUT2D eigenvalue weighted by Crippen LogP contribution is 2.53. The third-order valence-electron chi connectivity index (χ3n) is 6.14. The molecule has 26 heavy (non-hydrogen) atoms. The van der Waals surface area contributed by atoms with Gasteiger partial charge in [0.2, 0.25) is 0 Å². The van der Waals surface area contributed by atoms with Crippen molar-refractivity contribution in [1.29, 1.82) is 5.26 Å². The Hall–Kier alpha value is -2.10. The molecule has 0 amide bonds. The van der Waals surface area contributed by atoms with Gasteiger partial charge in [-0.25, -0.2) is 0 Å². The summed E-state index contributed by atoms with van der Waals surface area (Å²) < 4.78 is 15.0. The SMILES string of the molecule is CN1CCN(C2=C3CN(C)CC34CC(=CC#N)CC=C4N(F)C=C2)CC1. The minimum atomic E-state index is -0.368. The van der Waals surface area contributed by atoms with E-state index in [-0.39, 0.29) is 5.41 Å². The van der Waals surface area contributed by atoms with E-state index in [1.807, 2.05) is 12.2 Å². The van der Waals surface area contributed by atoms with E-state index in [1.54, 1.807) is 12.3 Å². The number of nitriles is 1. The fourth-order valence-electron chi connectivity index (χ4n) is 4.88. The molecule has 0 radical (unpaired) electrons. The number of halogens is 1. The molecular weight excluding hydrogens is 329 g/mol. The molecule has 1 aliphatic carbocycles. The standard InChI is InChI=1S/C20H26FN5/c1-23-9-11-25(12-10-23)18-6-8-26(21)19-4-3-16(5-7-22)13-20(19)15-24(2)14-17(18)20/h4-6,8H,3,9-15H2,1-2H3. The van der Waals surface area contributed by atoms with Crippen LogP contribution in [0.3, 0.4) is 0 Å². The Labute approximate surface area is 154 Å². The number of hydrogen-bond acceptors (Lipinski definition) is 5. The van der Waals surface area contributed by atoms with Gasteiger partial charge in [0.25, 0.3) is 0 Å². The number of nitrogens with zero attached hydrogens (tertiary/aromatic N) is 5. The van der Waals surface area contributed by atoms with Crippen molar-refractivity contribution in [2.45, 2.75) is 12.8 Å². The fourth-order valence-corrected chi connectivity index (χ4v) is 4.88. The van der Waals surface area contributed by atoms with Crippen molar-refractivity contribution in [1.82, 2.24) is 19.8 Å². The van der Waals surface area contributed by atoms with Crippen LogP contribution >= 0.6 is 0 Å². The molecule has 0 aromatic rings. The van der Waals surface area contributed by atoms with E-state index in [1.165, 1.54) is 11.3 Å². The summed E-state index contributed by atoms with van der Waals surface area (Å²) in [6, 6.07) is 2.17. The highest BCUT2D eigenvalue weighted by Gasteiger charge is 2.50. The van der Waals surface area contributed by atoms with Gasteiger partial charge in [-0.3, -0.25) is 0 Å². The second-order valence-electron chi connectivity index (χ2n) is 7.94. The van der Waals surface area contributed by atoms with Crippen LogP contribution in [0.2, 0.25) is 0 Å². The molecule has 0 saturated carbocycles. The maximum absolute atomic E-state index is 15.0. The molecule has 4 rings (SSSR count). The van der Waals surface area contributed by atoms with Gasteiger partial charge in [-0.15, -0.1) is 0 Å². The lowest BCUT2D eigenvalue weighted by Gasteiger charge is -2.40. The molecule has 3 aliphatic heterocycles. The van der Waals surface area contributed by atoms with E-state index in [9.17, 15) is 4.48 Å².